The van der Waals surface area contributed by atoms with Crippen molar-refractivity contribution in [3.05, 3.63) is 42.2 Å². The number of nitrogens with one attached hydrogen (secondary N) is 2. The number of ketones is 1. The zero-order valence-electron chi connectivity index (χ0n) is 16.8. The summed E-state index contributed by atoms with van der Waals surface area (Å²) in [4.78, 5) is 27.8. The van der Waals surface area contributed by atoms with E-state index in [0.717, 1.165) is 6.07 Å². The first-order valence-electron chi connectivity index (χ1n) is 9.61. The number of H-pyrrole nitrogens is 1. The van der Waals surface area contributed by atoms with Gasteiger partial charge in [-0.15, -0.1) is 0 Å². The van der Waals surface area contributed by atoms with Gasteiger partial charge in [-0.2, -0.15) is 9.57 Å². The molecule has 164 valence electrons. The Bertz CT molecular complexity index is 1100. The predicted molar refractivity (Wildman–Crippen MR) is 110 cm³/mol. The molecule has 1 atom stereocenters. The average Bonchev–Trinajstić information content (AvgIpc) is 3.28. The average molecular weight is 446 g/mol. The molecular weight excluding hydrogens is 424 g/mol. The molecule has 3 rings (SSSR count). The van der Waals surface area contributed by atoms with Crippen LogP contribution in [0.3, 0.4) is 0 Å². The Balaban J connectivity index is 1.77. The van der Waals surface area contributed by atoms with Crippen LogP contribution in [-0.4, -0.2) is 62.3 Å². The van der Waals surface area contributed by atoms with Gasteiger partial charge in [0.25, 0.3) is 0 Å². The number of carbonyl (C=O) groups is 2. The number of rotatable bonds is 8. The summed E-state index contributed by atoms with van der Waals surface area (Å²) in [6.45, 7) is 3.15. The number of hydrogen-bond donors (Lipinski definition) is 2. The molecule has 0 aliphatic carbocycles. The van der Waals surface area contributed by atoms with Gasteiger partial charge in [-0.25, -0.2) is 8.42 Å². The molecule has 11 heteroatoms. The van der Waals surface area contributed by atoms with Gasteiger partial charge >= 0.3 is 0 Å². The number of nitriles is 1. The Labute approximate surface area is 179 Å². The molecule has 1 fully saturated rings. The number of anilines is 1. The molecule has 2 heterocycles. The number of ether oxygens (including phenoxy) is 2. The van der Waals surface area contributed by atoms with E-state index in [-0.39, 0.29) is 36.9 Å². The van der Waals surface area contributed by atoms with Crippen LogP contribution in [0.4, 0.5) is 5.69 Å². The van der Waals surface area contributed by atoms with Crippen LogP contribution in [0.2, 0.25) is 0 Å². The highest BCUT2D eigenvalue weighted by atomic mass is 32.2. The third kappa shape index (κ3) is 4.93. The van der Waals surface area contributed by atoms with Crippen LogP contribution >= 0.6 is 0 Å². The first-order chi connectivity index (χ1) is 14.9. The van der Waals surface area contributed by atoms with Crippen LogP contribution in [0, 0.1) is 17.2 Å². The molecule has 1 aliphatic heterocycles. The minimum absolute atomic E-state index is 0.114. The van der Waals surface area contributed by atoms with Gasteiger partial charge in [0.2, 0.25) is 21.7 Å². The molecule has 1 amide bonds. The zero-order chi connectivity index (χ0) is 22.4. The lowest BCUT2D eigenvalue weighted by molar-refractivity contribution is -0.117. The lowest BCUT2D eigenvalue weighted by Gasteiger charge is -2.25. The highest BCUT2D eigenvalue weighted by Crippen LogP contribution is 2.25. The van der Waals surface area contributed by atoms with Crippen molar-refractivity contribution in [1.82, 2.24) is 9.29 Å². The van der Waals surface area contributed by atoms with Crippen LogP contribution in [0.15, 0.2) is 41.4 Å². The zero-order valence-corrected chi connectivity index (χ0v) is 17.6. The highest BCUT2D eigenvalue weighted by molar-refractivity contribution is 7.89. The fraction of sp³-hybridized carbons (Fsp3) is 0.350. The number of amides is 1. The van der Waals surface area contributed by atoms with Crippen molar-refractivity contribution in [2.75, 3.05) is 38.2 Å². The third-order valence-electron chi connectivity index (χ3n) is 4.63. The van der Waals surface area contributed by atoms with E-state index in [9.17, 15) is 23.3 Å². The Morgan fingerprint density at radius 1 is 1.32 bits per heavy atom. The number of hydrogen-bond acceptors (Lipinski definition) is 7. The van der Waals surface area contributed by atoms with Crippen molar-refractivity contribution in [1.29, 1.82) is 5.26 Å². The summed E-state index contributed by atoms with van der Waals surface area (Å²) >= 11 is 0. The van der Waals surface area contributed by atoms with Crippen LogP contribution in [-0.2, 0) is 19.6 Å². The topological polar surface area (TPSA) is 142 Å². The van der Waals surface area contributed by atoms with E-state index in [0.29, 0.717) is 18.0 Å². The second kappa shape index (κ2) is 9.74. The smallest absolute Gasteiger partial charge is 0.249 e. The summed E-state index contributed by atoms with van der Waals surface area (Å²) in [5.74, 6) is -2.95. The summed E-state index contributed by atoms with van der Waals surface area (Å²) in [7, 11) is -3.82. The summed E-state index contributed by atoms with van der Waals surface area (Å²) in [6.07, 6.45) is 1.18. The number of Topliss-reactive ketones (excluding diaryl/α,β-unsaturated/α-hetero) is 1. The van der Waals surface area contributed by atoms with E-state index in [4.69, 9.17) is 9.47 Å². The fourth-order valence-electron chi connectivity index (χ4n) is 3.05. The Hall–Kier alpha value is -3.20. The number of benzene rings is 1. The largest absolute Gasteiger partial charge is 0.492 e. The lowest BCUT2D eigenvalue weighted by atomic mass is 10.0. The van der Waals surface area contributed by atoms with Crippen molar-refractivity contribution >= 4 is 27.4 Å². The molecule has 1 aliphatic rings. The first kappa shape index (κ1) is 22.5. The third-order valence-corrected chi connectivity index (χ3v) is 6.50. The van der Waals surface area contributed by atoms with E-state index in [1.165, 1.54) is 10.5 Å². The molecule has 1 unspecified atom stereocenters. The molecule has 1 aromatic carbocycles. The van der Waals surface area contributed by atoms with Crippen molar-refractivity contribution in [3.8, 4) is 11.8 Å². The maximum absolute atomic E-state index is 12.8. The van der Waals surface area contributed by atoms with Crippen molar-refractivity contribution in [2.24, 2.45) is 5.92 Å². The molecule has 2 N–H and O–H groups in total. The van der Waals surface area contributed by atoms with E-state index >= 15 is 0 Å². The number of para-hydroxylation sites is 2. The number of aromatic amines is 1. The second-order valence-corrected chi connectivity index (χ2v) is 8.55. The van der Waals surface area contributed by atoms with Gasteiger partial charge in [-0.1, -0.05) is 12.1 Å². The van der Waals surface area contributed by atoms with Gasteiger partial charge in [-0.3, -0.25) is 9.59 Å². The maximum Gasteiger partial charge on any atom is 0.249 e. The maximum atomic E-state index is 12.8. The first-order valence-corrected chi connectivity index (χ1v) is 11.0. The number of sulfonamides is 1. The molecular formula is C20H22N4O6S. The molecule has 0 bridgehead atoms. The SMILES string of the molecule is CCOc1ccccc1NC(=O)C(C#N)C(=O)c1cc(S(=O)(=O)N2CCOCC2)c[nH]1. The van der Waals surface area contributed by atoms with E-state index in [2.05, 4.69) is 10.3 Å². The summed E-state index contributed by atoms with van der Waals surface area (Å²) in [5, 5.41) is 12.0. The summed E-state index contributed by atoms with van der Waals surface area (Å²) < 4.78 is 37.3. The molecule has 1 aromatic heterocycles. The minimum atomic E-state index is -3.82. The van der Waals surface area contributed by atoms with Crippen LogP contribution < -0.4 is 10.1 Å². The fourth-order valence-corrected chi connectivity index (χ4v) is 4.45. The molecule has 2 aromatic rings. The molecule has 31 heavy (non-hydrogen) atoms. The van der Waals surface area contributed by atoms with Gasteiger partial charge in [0.1, 0.15) is 10.6 Å². The molecule has 10 nitrogen and oxygen atoms in total. The Kier molecular flexibility index (Phi) is 7.06. The molecule has 0 spiro atoms. The number of aromatic nitrogens is 1. The Morgan fingerprint density at radius 3 is 2.71 bits per heavy atom. The van der Waals surface area contributed by atoms with Gasteiger partial charge < -0.3 is 19.8 Å². The molecule has 1 saturated heterocycles. The van der Waals surface area contributed by atoms with E-state index in [1.807, 2.05) is 0 Å². The van der Waals surface area contributed by atoms with E-state index < -0.39 is 27.6 Å². The monoisotopic (exact) mass is 446 g/mol. The minimum Gasteiger partial charge on any atom is -0.492 e. The summed E-state index contributed by atoms with van der Waals surface area (Å²) in [6, 6.07) is 9.46. The lowest BCUT2D eigenvalue weighted by Crippen LogP contribution is -2.40. The van der Waals surface area contributed by atoms with Crippen LogP contribution in [0.25, 0.3) is 0 Å². The van der Waals surface area contributed by atoms with Crippen LogP contribution in [0.1, 0.15) is 17.4 Å². The molecule has 0 saturated carbocycles. The van der Waals surface area contributed by atoms with Crippen molar-refractivity contribution in [2.45, 2.75) is 11.8 Å². The Morgan fingerprint density at radius 2 is 2.03 bits per heavy atom. The number of morpholine rings is 1. The highest BCUT2D eigenvalue weighted by Gasteiger charge is 2.32. The quantitative estimate of drug-likeness (QED) is 0.461. The number of nitrogens with zero attached hydrogens (tertiary/aromatic N) is 2. The predicted octanol–water partition coefficient (Wildman–Crippen LogP) is 1.40. The van der Waals surface area contributed by atoms with Crippen molar-refractivity contribution < 1.29 is 27.5 Å². The van der Waals surface area contributed by atoms with Crippen molar-refractivity contribution in [3.63, 3.8) is 0 Å². The second-order valence-electron chi connectivity index (χ2n) is 6.61. The van der Waals surface area contributed by atoms with Gasteiger partial charge in [0.15, 0.2) is 5.92 Å². The number of carbonyl (C=O) groups excluding carboxylic acids is 2. The standard InChI is InChI=1S/C20H22N4O6S/c1-2-30-18-6-4-3-5-16(18)23-20(26)15(12-21)19(25)17-11-14(13-22-17)31(27,28)24-7-9-29-10-8-24/h3-6,11,13,15,22H,2,7-10H2,1H3,(H,23,26). The van der Waals surface area contributed by atoms with Gasteiger partial charge in [-0.05, 0) is 25.1 Å². The van der Waals surface area contributed by atoms with Gasteiger partial charge in [0, 0.05) is 19.3 Å². The normalized spacial score (nSPS) is 15.6. The summed E-state index contributed by atoms with van der Waals surface area (Å²) in [5.41, 5.74) is 0.177. The van der Waals surface area contributed by atoms with E-state index in [1.54, 1.807) is 37.3 Å². The van der Waals surface area contributed by atoms with Gasteiger partial charge in [0.05, 0.1) is 37.3 Å². The van der Waals surface area contributed by atoms with Crippen LogP contribution in [0.5, 0.6) is 5.75 Å². The molecule has 0 radical (unpaired) electrons.